The van der Waals surface area contributed by atoms with E-state index in [0.29, 0.717) is 32.6 Å². The molecule has 1 amide bonds. The molecule has 5 unspecified atom stereocenters. The van der Waals surface area contributed by atoms with Crippen LogP contribution in [0.4, 0.5) is 0 Å². The minimum Gasteiger partial charge on any atom is -0.459 e. The fraction of sp³-hybridized carbons (Fsp3) is 0.740. The molecular weight excluding hydrogens is 881 g/mol. The number of fused-ring (bicyclic) bond motifs is 1. The Morgan fingerprint density at radius 1 is 1.00 bits per heavy atom. The van der Waals surface area contributed by atoms with Gasteiger partial charge in [0.1, 0.15) is 36.3 Å². The van der Waals surface area contributed by atoms with E-state index in [4.69, 9.17) is 33.2 Å². The van der Waals surface area contributed by atoms with Crippen molar-refractivity contribution in [3.8, 4) is 0 Å². The maximum atomic E-state index is 13.7. The number of hydrogen-bond donors (Lipinski definition) is 4. The van der Waals surface area contributed by atoms with Crippen molar-refractivity contribution in [1.29, 1.82) is 0 Å². The zero-order valence-corrected chi connectivity index (χ0v) is 41.5. The van der Waals surface area contributed by atoms with Gasteiger partial charge in [-0.3, -0.25) is 19.4 Å². The maximum Gasteiger partial charge on any atom is 0.305 e. The van der Waals surface area contributed by atoms with Crippen LogP contribution < -0.4 is 5.32 Å². The number of likely N-dealkylation sites (N-methyl/N-ethyl adjacent to an activating group) is 1. The van der Waals surface area contributed by atoms with E-state index in [1.807, 2.05) is 37.4 Å². The first-order chi connectivity index (χ1) is 32.4. The topological polar surface area (TPSA) is 225 Å². The van der Waals surface area contributed by atoms with Crippen LogP contribution in [0, 0.1) is 11.8 Å². The number of aryl methyl sites for hydroxylation is 1. The number of nitrogens with one attached hydrogen (secondary N) is 1. The molecule has 0 radical (unpaired) electrons. The summed E-state index contributed by atoms with van der Waals surface area (Å²) >= 11 is 0. The molecule has 4 N–H and O–H groups in total. The van der Waals surface area contributed by atoms with E-state index < -0.39 is 97.0 Å². The van der Waals surface area contributed by atoms with Gasteiger partial charge >= 0.3 is 11.9 Å². The number of carbonyl (C=O) groups excluding carboxylic acids is 4. The third-order valence-corrected chi connectivity index (χ3v) is 13.7. The first-order valence-electron chi connectivity index (χ1n) is 24.4. The Morgan fingerprint density at radius 3 is 2.40 bits per heavy atom. The highest BCUT2D eigenvalue weighted by Crippen LogP contribution is 2.38. The van der Waals surface area contributed by atoms with Crippen LogP contribution in [0.25, 0.3) is 10.9 Å². The molecule has 18 nitrogen and oxygen atoms in total. The predicted molar refractivity (Wildman–Crippen MR) is 251 cm³/mol. The Balaban J connectivity index is 1.40. The summed E-state index contributed by atoms with van der Waals surface area (Å²) in [5.74, 6) is -2.48. The van der Waals surface area contributed by atoms with Crippen LogP contribution >= 0.6 is 0 Å². The van der Waals surface area contributed by atoms with Crippen LogP contribution in [-0.4, -0.2) is 181 Å². The van der Waals surface area contributed by atoms with Gasteiger partial charge in [0.05, 0.1) is 42.4 Å². The lowest BCUT2D eigenvalue weighted by Gasteiger charge is -2.50. The Kier molecular flexibility index (Phi) is 21.1. The number of nitrogens with zero attached hydrogens (tertiary/aromatic N) is 3. The van der Waals surface area contributed by atoms with E-state index >= 15 is 0 Å². The first-order valence-corrected chi connectivity index (χ1v) is 24.4. The number of hydrogen-bond acceptors (Lipinski definition) is 17. The Bertz CT molecular complexity index is 1920. The van der Waals surface area contributed by atoms with Gasteiger partial charge in [-0.1, -0.05) is 39.0 Å². The average molecular weight is 959 g/mol. The molecule has 0 bridgehead atoms. The van der Waals surface area contributed by atoms with Crippen molar-refractivity contribution < 1.29 is 67.7 Å². The van der Waals surface area contributed by atoms with E-state index in [0.717, 1.165) is 30.0 Å². The van der Waals surface area contributed by atoms with Crippen molar-refractivity contribution >= 4 is 35.0 Å². The van der Waals surface area contributed by atoms with Crippen molar-refractivity contribution in [2.75, 3.05) is 47.4 Å². The lowest BCUT2D eigenvalue weighted by atomic mass is 9.82. The van der Waals surface area contributed by atoms with E-state index in [2.05, 4.69) is 21.3 Å². The van der Waals surface area contributed by atoms with Crippen LogP contribution in [0.1, 0.15) is 98.5 Å². The van der Waals surface area contributed by atoms with Crippen LogP contribution in [0.2, 0.25) is 0 Å². The largest absolute Gasteiger partial charge is 0.459 e. The summed E-state index contributed by atoms with van der Waals surface area (Å²) in [5.41, 5.74) is 0.636. The molecule has 15 atom stereocenters. The molecule has 0 spiro atoms. The van der Waals surface area contributed by atoms with Crippen LogP contribution in [0.5, 0.6) is 0 Å². The number of rotatable bonds is 16. The predicted octanol–water partition coefficient (Wildman–Crippen LogP) is 3.32. The molecule has 2 aromatic rings. The summed E-state index contributed by atoms with van der Waals surface area (Å²) in [4.78, 5) is 60.0. The number of para-hydroxylation sites is 1. The minimum atomic E-state index is -1.49. The van der Waals surface area contributed by atoms with Gasteiger partial charge in [0.15, 0.2) is 18.7 Å². The molecule has 0 saturated carbocycles. The monoisotopic (exact) mass is 959 g/mol. The Morgan fingerprint density at radius 2 is 1.72 bits per heavy atom. The number of pyridine rings is 1. The number of carbonyl (C=O) groups is 4. The lowest BCUT2D eigenvalue weighted by molar-refractivity contribution is -0.344. The second-order valence-corrected chi connectivity index (χ2v) is 19.3. The lowest BCUT2D eigenvalue weighted by Crippen LogP contribution is -2.66. The number of aldehydes is 1. The normalized spacial score (nSPS) is 34.9. The summed E-state index contributed by atoms with van der Waals surface area (Å²) < 4.78 is 43.5. The minimum absolute atomic E-state index is 0.0195. The fourth-order valence-electron chi connectivity index (χ4n) is 10.0. The van der Waals surface area contributed by atoms with Gasteiger partial charge in [-0.15, -0.1) is 0 Å². The zero-order valence-electron chi connectivity index (χ0n) is 41.5. The highest BCUT2D eigenvalue weighted by molar-refractivity contribution is 5.81. The SMILES string of the molecule is CCC(=O)O[C@@H]1CC(=O)NCCCN(CCCc2ccnc3ccccc23)C[C@H](O)[C@H](C)C[C@H](CC=O)[C@H](O[C@@H]2OC(C)[C@H](O[C@H]3CC(C)(O)[C@@H](OC(=O)CC)C(C)O3)C(N(C)C)C2O)[C@H]1OC. The van der Waals surface area contributed by atoms with Crippen molar-refractivity contribution in [3.63, 3.8) is 0 Å². The summed E-state index contributed by atoms with van der Waals surface area (Å²) in [7, 11) is 4.94. The third kappa shape index (κ3) is 14.7. The van der Waals surface area contributed by atoms with Crippen LogP contribution in [0.3, 0.4) is 0 Å². The van der Waals surface area contributed by atoms with Gasteiger partial charge in [-0.25, -0.2) is 0 Å². The standard InChI is InChI=1S/C50H78N4O14/c1-10-40(58)65-38-27-39(57)52-21-15-24-54(23-14-16-33-19-22-51-36-18-13-12-17-35(33)36)29-37(56)30(3)26-34(20-25-55)46(47(38)62-9)68-49-44(60)43(53(7)8)45(31(4)64-49)67-42-28-50(6,61)48(32(5)63-42)66-41(59)11-2/h12-13,17-19,22,25,30-32,34,37-38,42-49,56,60-61H,10-11,14-16,20-21,23-24,26-29H2,1-9H3,(H,52,57)/t30-,31?,32?,34+,37+,38-,42+,43?,44?,45+,46+,47+,48+,49+,50?/m1/s1. The molecule has 3 aliphatic heterocycles. The number of methoxy groups -OCH3 is 1. The molecular formula is C50H78N4O14. The quantitative estimate of drug-likeness (QED) is 0.140. The van der Waals surface area contributed by atoms with Crippen molar-refractivity contribution in [2.24, 2.45) is 11.8 Å². The van der Waals surface area contributed by atoms with Crippen LogP contribution in [0.15, 0.2) is 36.5 Å². The number of aromatic nitrogens is 1. The average Bonchev–Trinajstić information content (AvgIpc) is 3.29. The molecule has 0 aliphatic carbocycles. The van der Waals surface area contributed by atoms with E-state index in [-0.39, 0.29) is 50.4 Å². The number of aliphatic hydroxyl groups is 3. The van der Waals surface area contributed by atoms with Crippen molar-refractivity contribution in [3.05, 3.63) is 42.1 Å². The molecule has 382 valence electrons. The number of β-amino-alcohol motifs (C(OH)–C–C–N with tert-alkyl or cyclic N) is 1. The van der Waals surface area contributed by atoms with Gasteiger partial charge in [0.2, 0.25) is 5.91 Å². The van der Waals surface area contributed by atoms with E-state index in [9.17, 15) is 34.5 Å². The van der Waals surface area contributed by atoms with Crippen molar-refractivity contribution in [1.82, 2.24) is 20.1 Å². The maximum absolute atomic E-state index is 13.7. The van der Waals surface area contributed by atoms with Gasteiger partial charge < -0.3 is 68.4 Å². The molecule has 18 heteroatoms. The summed E-state index contributed by atoms with van der Waals surface area (Å²) in [6, 6.07) is 9.31. The molecule has 3 aliphatic rings. The number of benzene rings is 1. The van der Waals surface area contributed by atoms with Gasteiger partial charge in [-0.05, 0) is 103 Å². The number of ether oxygens (including phenoxy) is 7. The summed E-state index contributed by atoms with van der Waals surface area (Å²) in [6.45, 7) is 12.2. The Hall–Kier alpha value is -3.69. The molecule has 1 aromatic carbocycles. The number of aliphatic hydroxyl groups excluding tert-OH is 2. The van der Waals surface area contributed by atoms with Gasteiger partial charge in [-0.2, -0.15) is 0 Å². The third-order valence-electron chi connectivity index (χ3n) is 13.7. The summed E-state index contributed by atoms with van der Waals surface area (Å²) in [5, 5.41) is 39.7. The van der Waals surface area contributed by atoms with Crippen molar-refractivity contribution in [2.45, 2.75) is 178 Å². The highest BCUT2D eigenvalue weighted by atomic mass is 16.7. The molecule has 1 aromatic heterocycles. The highest BCUT2D eigenvalue weighted by Gasteiger charge is 2.53. The molecule has 5 rings (SSSR count). The number of esters is 2. The van der Waals surface area contributed by atoms with E-state index in [1.54, 1.807) is 53.6 Å². The number of amides is 1. The molecule has 4 heterocycles. The van der Waals surface area contributed by atoms with E-state index in [1.165, 1.54) is 12.7 Å². The molecule has 68 heavy (non-hydrogen) atoms. The fourth-order valence-corrected chi connectivity index (χ4v) is 10.0. The smallest absolute Gasteiger partial charge is 0.305 e. The second kappa shape index (κ2) is 26.0. The zero-order chi connectivity index (χ0) is 49.7. The molecule has 3 saturated heterocycles. The Labute approximate surface area is 401 Å². The van der Waals surface area contributed by atoms with Gasteiger partial charge in [0.25, 0.3) is 0 Å². The second-order valence-electron chi connectivity index (χ2n) is 19.3. The summed E-state index contributed by atoms with van der Waals surface area (Å²) in [6.07, 6.45) is -6.36. The molecule has 3 fully saturated rings. The first kappa shape index (κ1) is 55.2. The van der Waals surface area contributed by atoms with Crippen LogP contribution in [-0.2, 0) is 58.8 Å². The van der Waals surface area contributed by atoms with Gasteiger partial charge in [0, 0.05) is 57.5 Å².